The monoisotopic (exact) mass is 343 g/mol. The van der Waals surface area contributed by atoms with Gasteiger partial charge in [0.15, 0.2) is 0 Å². The summed E-state index contributed by atoms with van der Waals surface area (Å²) in [6.45, 7) is 4.62. The smallest absolute Gasteiger partial charge is 0.317 e. The second-order valence-electron chi connectivity index (χ2n) is 6.55. The van der Waals surface area contributed by atoms with Crippen LogP contribution in [0.3, 0.4) is 0 Å². The van der Waals surface area contributed by atoms with Gasteiger partial charge in [0.1, 0.15) is 0 Å². The first-order valence-corrected chi connectivity index (χ1v) is 9.41. The molecule has 0 spiro atoms. The Hall–Kier alpha value is -1.85. The van der Waals surface area contributed by atoms with Crippen LogP contribution in [0.5, 0.6) is 0 Å². The summed E-state index contributed by atoms with van der Waals surface area (Å²) < 4.78 is 0. The van der Waals surface area contributed by atoms with E-state index in [-0.39, 0.29) is 6.03 Å². The lowest BCUT2D eigenvalue weighted by atomic mass is 10.1. The summed E-state index contributed by atoms with van der Waals surface area (Å²) in [6.07, 6.45) is 1.16. The SMILES string of the molecule is CN(C[C@@H]1CCN(Cc2ccccc2)C1)C(=O)NCc1ccsc1. The van der Waals surface area contributed by atoms with Crippen molar-refractivity contribution in [3.63, 3.8) is 0 Å². The number of amides is 2. The third-order valence-electron chi connectivity index (χ3n) is 4.52. The van der Waals surface area contributed by atoms with Gasteiger partial charge in [-0.2, -0.15) is 11.3 Å². The van der Waals surface area contributed by atoms with Crippen LogP contribution < -0.4 is 5.32 Å². The van der Waals surface area contributed by atoms with Gasteiger partial charge >= 0.3 is 6.03 Å². The van der Waals surface area contributed by atoms with Gasteiger partial charge in [-0.3, -0.25) is 4.90 Å². The predicted molar refractivity (Wildman–Crippen MR) is 99.0 cm³/mol. The maximum absolute atomic E-state index is 12.2. The Morgan fingerprint density at radius 3 is 2.88 bits per heavy atom. The molecule has 5 heteroatoms. The van der Waals surface area contributed by atoms with E-state index in [2.05, 4.69) is 45.9 Å². The maximum atomic E-state index is 12.2. The molecule has 1 aromatic heterocycles. The van der Waals surface area contributed by atoms with Crippen molar-refractivity contribution in [3.8, 4) is 0 Å². The van der Waals surface area contributed by atoms with Crippen molar-refractivity contribution in [2.24, 2.45) is 5.92 Å². The second kappa shape index (κ2) is 8.31. The normalized spacial score (nSPS) is 17.8. The van der Waals surface area contributed by atoms with E-state index in [0.29, 0.717) is 12.5 Å². The van der Waals surface area contributed by atoms with Crippen LogP contribution in [-0.4, -0.2) is 42.5 Å². The number of hydrogen-bond acceptors (Lipinski definition) is 3. The molecule has 0 bridgehead atoms. The molecule has 1 saturated heterocycles. The molecule has 2 amide bonds. The number of urea groups is 1. The highest BCUT2D eigenvalue weighted by atomic mass is 32.1. The van der Waals surface area contributed by atoms with Crippen LogP contribution in [0.2, 0.25) is 0 Å². The second-order valence-corrected chi connectivity index (χ2v) is 7.33. The lowest BCUT2D eigenvalue weighted by Gasteiger charge is -2.22. The first-order chi connectivity index (χ1) is 11.7. The Balaban J connectivity index is 1.40. The number of nitrogens with one attached hydrogen (secondary N) is 1. The van der Waals surface area contributed by atoms with E-state index in [9.17, 15) is 4.79 Å². The largest absolute Gasteiger partial charge is 0.334 e. The first-order valence-electron chi connectivity index (χ1n) is 8.47. The van der Waals surface area contributed by atoms with Crippen molar-refractivity contribution in [2.45, 2.75) is 19.5 Å². The molecule has 0 radical (unpaired) electrons. The van der Waals surface area contributed by atoms with Gasteiger partial charge in [-0.1, -0.05) is 30.3 Å². The summed E-state index contributed by atoms with van der Waals surface area (Å²) in [5.74, 6) is 0.561. The maximum Gasteiger partial charge on any atom is 0.317 e. The number of thiophene rings is 1. The molecular formula is C19H25N3OS. The number of benzene rings is 1. The number of carbonyl (C=O) groups is 1. The molecule has 2 aromatic rings. The summed E-state index contributed by atoms with van der Waals surface area (Å²) in [6, 6.07) is 12.7. The Morgan fingerprint density at radius 2 is 2.12 bits per heavy atom. The van der Waals surface area contributed by atoms with Crippen LogP contribution in [0.1, 0.15) is 17.5 Å². The van der Waals surface area contributed by atoms with Gasteiger partial charge in [0, 0.05) is 33.2 Å². The molecule has 3 rings (SSSR count). The van der Waals surface area contributed by atoms with Crippen molar-refractivity contribution in [3.05, 3.63) is 58.3 Å². The first kappa shape index (κ1) is 17.0. The molecule has 0 unspecified atom stereocenters. The average Bonchev–Trinajstić information content (AvgIpc) is 3.25. The summed E-state index contributed by atoms with van der Waals surface area (Å²) in [7, 11) is 1.89. The molecule has 1 aromatic carbocycles. The van der Waals surface area contributed by atoms with Crippen LogP contribution in [0.4, 0.5) is 4.79 Å². The molecule has 2 heterocycles. The third kappa shape index (κ3) is 4.82. The highest BCUT2D eigenvalue weighted by Gasteiger charge is 2.24. The van der Waals surface area contributed by atoms with Crippen molar-refractivity contribution in [1.29, 1.82) is 0 Å². The molecule has 1 fully saturated rings. The van der Waals surface area contributed by atoms with Crippen molar-refractivity contribution in [2.75, 3.05) is 26.7 Å². The highest BCUT2D eigenvalue weighted by molar-refractivity contribution is 7.07. The number of hydrogen-bond donors (Lipinski definition) is 1. The topological polar surface area (TPSA) is 35.6 Å². The number of rotatable bonds is 6. The highest BCUT2D eigenvalue weighted by Crippen LogP contribution is 2.19. The van der Waals surface area contributed by atoms with Crippen LogP contribution in [0.15, 0.2) is 47.2 Å². The molecule has 0 aliphatic carbocycles. The molecule has 1 N–H and O–H groups in total. The van der Waals surface area contributed by atoms with E-state index in [0.717, 1.165) is 38.2 Å². The van der Waals surface area contributed by atoms with Crippen molar-refractivity contribution < 1.29 is 4.79 Å². The molecular weight excluding hydrogens is 318 g/mol. The number of likely N-dealkylation sites (tertiary alicyclic amines) is 1. The van der Waals surface area contributed by atoms with E-state index in [1.165, 1.54) is 5.56 Å². The molecule has 4 nitrogen and oxygen atoms in total. The van der Waals surface area contributed by atoms with E-state index >= 15 is 0 Å². The standard InChI is InChI=1S/C19H25N3OS/c1-21(19(23)20-11-17-8-10-24-15-17)12-18-7-9-22(14-18)13-16-5-3-2-4-6-16/h2-6,8,10,15,18H,7,9,11-14H2,1H3,(H,20,23)/t18-/m0/s1. The van der Waals surface area contributed by atoms with Crippen LogP contribution in [0.25, 0.3) is 0 Å². The molecule has 1 atom stereocenters. The van der Waals surface area contributed by atoms with Crippen molar-refractivity contribution >= 4 is 17.4 Å². The molecule has 1 aliphatic heterocycles. The van der Waals surface area contributed by atoms with Gasteiger partial charge < -0.3 is 10.2 Å². The van der Waals surface area contributed by atoms with Crippen LogP contribution >= 0.6 is 11.3 Å². The van der Waals surface area contributed by atoms with E-state index in [4.69, 9.17) is 0 Å². The lowest BCUT2D eigenvalue weighted by molar-refractivity contribution is 0.199. The summed E-state index contributed by atoms with van der Waals surface area (Å²) in [4.78, 5) is 16.5. The third-order valence-corrected chi connectivity index (χ3v) is 5.25. The van der Waals surface area contributed by atoms with Gasteiger partial charge in [0.05, 0.1) is 0 Å². The lowest BCUT2D eigenvalue weighted by Crippen LogP contribution is -2.40. The number of nitrogens with zero attached hydrogens (tertiary/aromatic N) is 2. The Kier molecular flexibility index (Phi) is 5.88. The summed E-state index contributed by atoms with van der Waals surface area (Å²) in [5.41, 5.74) is 2.52. The van der Waals surface area contributed by atoms with Gasteiger partial charge in [0.25, 0.3) is 0 Å². The molecule has 1 aliphatic rings. The van der Waals surface area contributed by atoms with Gasteiger partial charge in [-0.25, -0.2) is 4.79 Å². The van der Waals surface area contributed by atoms with Gasteiger partial charge in [-0.15, -0.1) is 0 Å². The average molecular weight is 343 g/mol. The van der Waals surface area contributed by atoms with Crippen LogP contribution in [0, 0.1) is 5.92 Å². The van der Waals surface area contributed by atoms with Gasteiger partial charge in [0.2, 0.25) is 0 Å². The molecule has 0 saturated carbocycles. The quantitative estimate of drug-likeness (QED) is 0.872. The minimum absolute atomic E-state index is 0.0164. The van der Waals surface area contributed by atoms with Crippen molar-refractivity contribution in [1.82, 2.24) is 15.1 Å². The zero-order valence-electron chi connectivity index (χ0n) is 14.1. The zero-order valence-corrected chi connectivity index (χ0v) is 15.0. The Labute approximate surface area is 148 Å². The molecule has 128 valence electrons. The van der Waals surface area contributed by atoms with Gasteiger partial charge in [-0.05, 0) is 46.8 Å². The Morgan fingerprint density at radius 1 is 1.29 bits per heavy atom. The minimum atomic E-state index is 0.0164. The fourth-order valence-electron chi connectivity index (χ4n) is 3.22. The number of carbonyl (C=O) groups excluding carboxylic acids is 1. The summed E-state index contributed by atoms with van der Waals surface area (Å²) >= 11 is 1.66. The van der Waals surface area contributed by atoms with E-state index < -0.39 is 0 Å². The Bertz CT molecular complexity index is 629. The fourth-order valence-corrected chi connectivity index (χ4v) is 3.89. The summed E-state index contributed by atoms with van der Waals surface area (Å²) in [5, 5.41) is 7.09. The van der Waals surface area contributed by atoms with E-state index in [1.807, 2.05) is 23.4 Å². The van der Waals surface area contributed by atoms with Crippen LogP contribution in [-0.2, 0) is 13.1 Å². The predicted octanol–water partition coefficient (Wildman–Crippen LogP) is 3.41. The molecule has 24 heavy (non-hydrogen) atoms. The van der Waals surface area contributed by atoms with E-state index in [1.54, 1.807) is 11.3 Å². The fraction of sp³-hybridized carbons (Fsp3) is 0.421. The zero-order chi connectivity index (χ0) is 16.8. The minimum Gasteiger partial charge on any atom is -0.334 e.